The second-order valence-electron chi connectivity index (χ2n) is 9.77. The van der Waals surface area contributed by atoms with Crippen LogP contribution in [0.15, 0.2) is 30.3 Å². The van der Waals surface area contributed by atoms with E-state index in [1.165, 1.54) is 19.3 Å². The number of hydrogen-bond donors (Lipinski definition) is 5. The van der Waals surface area contributed by atoms with E-state index >= 15 is 0 Å². The smallest absolute Gasteiger partial charge is 0.331 e. The fourth-order valence-corrected chi connectivity index (χ4v) is 6.78. The highest BCUT2D eigenvalue weighted by molar-refractivity contribution is 7.53. The van der Waals surface area contributed by atoms with Gasteiger partial charge in [-0.3, -0.25) is 9.09 Å². The lowest BCUT2D eigenvalue weighted by Crippen LogP contribution is -2.64. The lowest BCUT2D eigenvalue weighted by molar-refractivity contribution is -0.233. The van der Waals surface area contributed by atoms with Gasteiger partial charge in [0.1, 0.15) is 36.6 Å². The Morgan fingerprint density at radius 3 is 1.71 bits per heavy atom. The van der Waals surface area contributed by atoms with Gasteiger partial charge in [0.25, 0.3) is 0 Å². The highest BCUT2D eigenvalue weighted by Gasteiger charge is 2.53. The van der Waals surface area contributed by atoms with Crippen LogP contribution in [0.4, 0.5) is 0 Å². The zero-order valence-electron chi connectivity index (χ0n) is 19.8. The first-order valence-electron chi connectivity index (χ1n) is 12.7. The predicted molar refractivity (Wildman–Crippen MR) is 128 cm³/mol. The minimum absolute atomic E-state index is 0.0388. The van der Waals surface area contributed by atoms with Crippen LogP contribution in [0, 0.1) is 0 Å². The van der Waals surface area contributed by atoms with Crippen LogP contribution >= 0.6 is 7.60 Å². The molecule has 0 heterocycles. The average Bonchev–Trinajstić information content (AvgIpc) is 2.82. The SMILES string of the molecule is O=P(O)(O[C@H]1[C@@H](O)[C@H](O)[C@@H](O)[C@H](O)[C@H]1OCc1ccccc1)C1CCCCCCCCCCC1. The van der Waals surface area contributed by atoms with Gasteiger partial charge in [-0.1, -0.05) is 88.1 Å². The molecule has 2 aliphatic carbocycles. The number of hydrogen-bond acceptors (Lipinski definition) is 7. The van der Waals surface area contributed by atoms with Crippen molar-refractivity contribution in [1.29, 1.82) is 0 Å². The summed E-state index contributed by atoms with van der Waals surface area (Å²) in [5.41, 5.74) is 0.199. The molecule has 1 unspecified atom stereocenters. The molecular formula is C25H41O8P. The molecule has 0 saturated heterocycles. The Labute approximate surface area is 202 Å². The number of aliphatic hydroxyl groups is 4. The molecule has 2 aliphatic rings. The molecule has 34 heavy (non-hydrogen) atoms. The highest BCUT2D eigenvalue weighted by atomic mass is 31.2. The molecule has 0 radical (unpaired) electrons. The van der Waals surface area contributed by atoms with Crippen LogP contribution in [-0.4, -0.2) is 67.6 Å². The summed E-state index contributed by atoms with van der Waals surface area (Å²) >= 11 is 0. The Kier molecular flexibility index (Phi) is 11.0. The third kappa shape index (κ3) is 7.58. The van der Waals surface area contributed by atoms with Gasteiger partial charge < -0.3 is 30.1 Å². The summed E-state index contributed by atoms with van der Waals surface area (Å²) in [5, 5.41) is 41.7. The van der Waals surface area contributed by atoms with Crippen LogP contribution in [0.5, 0.6) is 0 Å². The minimum atomic E-state index is -4.23. The first-order chi connectivity index (χ1) is 16.3. The normalized spacial score (nSPS) is 34.5. The molecular weight excluding hydrogens is 459 g/mol. The maximum Gasteiger partial charge on any atom is 0.331 e. The van der Waals surface area contributed by atoms with Crippen LogP contribution in [-0.2, 0) is 20.4 Å². The van der Waals surface area contributed by atoms with Crippen molar-refractivity contribution in [3.8, 4) is 0 Å². The van der Waals surface area contributed by atoms with E-state index in [1.54, 1.807) is 0 Å². The maximum absolute atomic E-state index is 13.5. The van der Waals surface area contributed by atoms with Crippen LogP contribution in [0.2, 0.25) is 0 Å². The number of ether oxygens (including phenoxy) is 1. The monoisotopic (exact) mass is 500 g/mol. The predicted octanol–water partition coefficient (Wildman–Crippen LogP) is 3.27. The molecule has 0 aromatic heterocycles. The Bertz CT molecular complexity index is 751. The minimum Gasteiger partial charge on any atom is -0.387 e. The van der Waals surface area contributed by atoms with Crippen molar-refractivity contribution in [2.24, 2.45) is 0 Å². The van der Waals surface area contributed by atoms with Gasteiger partial charge in [-0.15, -0.1) is 0 Å². The summed E-state index contributed by atoms with van der Waals surface area (Å²) in [6.07, 6.45) is 1.11. The van der Waals surface area contributed by atoms with E-state index in [4.69, 9.17) is 9.26 Å². The third-order valence-electron chi connectivity index (χ3n) is 7.14. The Morgan fingerprint density at radius 1 is 0.706 bits per heavy atom. The van der Waals surface area contributed by atoms with E-state index in [-0.39, 0.29) is 6.61 Å². The molecule has 7 atom stereocenters. The van der Waals surface area contributed by atoms with Gasteiger partial charge in [-0.05, 0) is 18.4 Å². The Morgan fingerprint density at radius 2 is 1.18 bits per heavy atom. The van der Waals surface area contributed by atoms with Gasteiger partial charge in [0, 0.05) is 0 Å². The van der Waals surface area contributed by atoms with Crippen molar-refractivity contribution in [2.45, 2.75) is 120 Å². The first kappa shape index (κ1) is 27.8. The third-order valence-corrected chi connectivity index (χ3v) is 9.13. The number of aliphatic hydroxyl groups excluding tert-OH is 4. The Balaban J connectivity index is 1.74. The standard InChI is InChI=1S/C25H41O8P/c26-20-21(27)23(29)25(24(22(20)28)32-17-18-13-9-8-10-14-18)33-34(30,31)19-15-11-6-4-2-1-3-5-7-12-16-19/h8-10,13-14,19-29H,1-7,11-12,15-17H2,(H,30,31)/t20-,21-,22+,23+,24-,25+/m1/s1. The van der Waals surface area contributed by atoms with Gasteiger partial charge >= 0.3 is 7.60 Å². The largest absolute Gasteiger partial charge is 0.387 e. The number of benzene rings is 1. The fourth-order valence-electron chi connectivity index (χ4n) is 4.99. The highest BCUT2D eigenvalue weighted by Crippen LogP contribution is 2.54. The summed E-state index contributed by atoms with van der Waals surface area (Å²) in [6, 6.07) is 9.12. The van der Waals surface area contributed by atoms with Crippen molar-refractivity contribution >= 4 is 7.60 Å². The van der Waals surface area contributed by atoms with Crippen LogP contribution < -0.4 is 0 Å². The summed E-state index contributed by atoms with van der Waals surface area (Å²) in [5.74, 6) is 0. The lowest BCUT2D eigenvalue weighted by Gasteiger charge is -2.44. The molecule has 1 aromatic carbocycles. The summed E-state index contributed by atoms with van der Waals surface area (Å²) < 4.78 is 24.9. The zero-order valence-corrected chi connectivity index (χ0v) is 20.7. The zero-order chi connectivity index (χ0) is 24.6. The molecule has 0 amide bonds. The van der Waals surface area contributed by atoms with E-state index < -0.39 is 49.9 Å². The molecule has 0 spiro atoms. The van der Waals surface area contributed by atoms with Crippen LogP contribution in [0.3, 0.4) is 0 Å². The maximum atomic E-state index is 13.5. The molecule has 2 saturated carbocycles. The van der Waals surface area contributed by atoms with E-state index in [2.05, 4.69) is 0 Å². The van der Waals surface area contributed by atoms with Crippen molar-refractivity contribution in [3.05, 3.63) is 35.9 Å². The molecule has 1 aromatic rings. The summed E-state index contributed by atoms with van der Waals surface area (Å²) in [7, 11) is -4.23. The molecule has 0 bridgehead atoms. The molecule has 194 valence electrons. The molecule has 2 fully saturated rings. The van der Waals surface area contributed by atoms with Crippen LogP contribution in [0.1, 0.15) is 76.2 Å². The molecule has 9 heteroatoms. The summed E-state index contributed by atoms with van der Waals surface area (Å²) in [4.78, 5) is 11.0. The summed E-state index contributed by atoms with van der Waals surface area (Å²) in [6.45, 7) is 0.0388. The number of rotatable bonds is 6. The second kappa shape index (κ2) is 13.5. The van der Waals surface area contributed by atoms with E-state index in [0.29, 0.717) is 12.8 Å². The fraction of sp³-hybridized carbons (Fsp3) is 0.760. The molecule has 0 aliphatic heterocycles. The van der Waals surface area contributed by atoms with E-state index in [9.17, 15) is 29.9 Å². The second-order valence-corrected chi connectivity index (χ2v) is 11.8. The van der Waals surface area contributed by atoms with Crippen LogP contribution in [0.25, 0.3) is 0 Å². The average molecular weight is 501 g/mol. The van der Waals surface area contributed by atoms with Crippen molar-refractivity contribution in [1.82, 2.24) is 0 Å². The lowest BCUT2D eigenvalue weighted by atomic mass is 9.85. The van der Waals surface area contributed by atoms with Gasteiger partial charge in [0.15, 0.2) is 0 Å². The van der Waals surface area contributed by atoms with E-state index in [1.807, 2.05) is 30.3 Å². The van der Waals surface area contributed by atoms with Gasteiger partial charge in [0.2, 0.25) is 0 Å². The van der Waals surface area contributed by atoms with Gasteiger partial charge in [-0.2, -0.15) is 0 Å². The van der Waals surface area contributed by atoms with Gasteiger partial charge in [0.05, 0.1) is 12.3 Å². The van der Waals surface area contributed by atoms with Gasteiger partial charge in [-0.25, -0.2) is 0 Å². The topological polar surface area (TPSA) is 137 Å². The Hall–Kier alpha value is -0.830. The quantitative estimate of drug-likeness (QED) is 0.376. The van der Waals surface area contributed by atoms with Crippen molar-refractivity contribution in [2.75, 3.05) is 0 Å². The molecule has 8 nitrogen and oxygen atoms in total. The molecule has 5 N–H and O–H groups in total. The van der Waals surface area contributed by atoms with Crippen molar-refractivity contribution < 1.29 is 39.1 Å². The first-order valence-corrected chi connectivity index (χ1v) is 14.3. The molecule has 3 rings (SSSR count). The van der Waals surface area contributed by atoms with Crippen molar-refractivity contribution in [3.63, 3.8) is 0 Å². The van der Waals surface area contributed by atoms with E-state index in [0.717, 1.165) is 44.1 Å².